The van der Waals surface area contributed by atoms with Crippen LogP contribution in [0.4, 0.5) is 0 Å². The van der Waals surface area contributed by atoms with Crippen molar-refractivity contribution in [3.05, 3.63) is 77.5 Å². The summed E-state index contributed by atoms with van der Waals surface area (Å²) in [7, 11) is 0. The Labute approximate surface area is 175 Å². The highest BCUT2D eigenvalue weighted by atomic mass is 16.5. The number of nitrogens with zero attached hydrogens (tertiary/aromatic N) is 2. The Balaban J connectivity index is 1.37. The Morgan fingerprint density at radius 1 is 1.00 bits per heavy atom. The molecule has 1 aromatic heterocycles. The molecular weight excluding hydrogens is 378 g/mol. The second-order valence-corrected chi connectivity index (χ2v) is 7.74. The first-order valence-electron chi connectivity index (χ1n) is 10.2. The second kappa shape index (κ2) is 8.63. The van der Waals surface area contributed by atoms with Crippen LogP contribution in [0.2, 0.25) is 0 Å². The zero-order chi connectivity index (χ0) is 21.1. The van der Waals surface area contributed by atoms with Gasteiger partial charge in [-0.1, -0.05) is 36.4 Å². The first-order chi connectivity index (χ1) is 14.5. The summed E-state index contributed by atoms with van der Waals surface area (Å²) < 4.78 is 5.70. The van der Waals surface area contributed by atoms with Crippen molar-refractivity contribution in [3.8, 4) is 0 Å². The molecule has 0 bridgehead atoms. The summed E-state index contributed by atoms with van der Waals surface area (Å²) in [6, 6.07) is 18.7. The second-order valence-electron chi connectivity index (χ2n) is 7.74. The minimum absolute atomic E-state index is 0.00736. The fourth-order valence-electron chi connectivity index (χ4n) is 3.76. The number of pyridine rings is 1. The van der Waals surface area contributed by atoms with Gasteiger partial charge in [-0.2, -0.15) is 0 Å². The van der Waals surface area contributed by atoms with E-state index in [2.05, 4.69) is 10.3 Å². The number of carbonyl (C=O) groups is 2. The van der Waals surface area contributed by atoms with Crippen LogP contribution >= 0.6 is 0 Å². The number of fused-ring (bicyclic) bond motifs is 1. The highest BCUT2D eigenvalue weighted by Gasteiger charge is 2.26. The summed E-state index contributed by atoms with van der Waals surface area (Å²) >= 11 is 0. The van der Waals surface area contributed by atoms with Gasteiger partial charge in [0.1, 0.15) is 5.69 Å². The van der Waals surface area contributed by atoms with Crippen LogP contribution in [0.5, 0.6) is 0 Å². The number of nitrogens with one attached hydrogen (secondary N) is 1. The lowest BCUT2D eigenvalue weighted by atomic mass is 10.1. The van der Waals surface area contributed by atoms with E-state index in [4.69, 9.17) is 4.74 Å². The molecule has 6 heteroatoms. The quantitative estimate of drug-likeness (QED) is 0.725. The smallest absolute Gasteiger partial charge is 0.270 e. The Hall–Kier alpha value is -3.25. The van der Waals surface area contributed by atoms with Crippen LogP contribution in [0.1, 0.15) is 40.3 Å². The molecule has 3 aromatic rings. The Morgan fingerprint density at radius 2 is 1.70 bits per heavy atom. The lowest BCUT2D eigenvalue weighted by molar-refractivity contribution is -0.0586. The molecule has 30 heavy (non-hydrogen) atoms. The topological polar surface area (TPSA) is 71.5 Å². The Kier molecular flexibility index (Phi) is 5.77. The molecule has 0 radical (unpaired) electrons. The van der Waals surface area contributed by atoms with E-state index < -0.39 is 0 Å². The summed E-state index contributed by atoms with van der Waals surface area (Å²) in [6.07, 6.45) is 0.0757. The molecule has 2 amide bonds. The summed E-state index contributed by atoms with van der Waals surface area (Å²) in [5, 5.41) is 3.89. The van der Waals surface area contributed by atoms with E-state index in [1.54, 1.807) is 6.07 Å². The maximum atomic E-state index is 12.8. The highest BCUT2D eigenvalue weighted by Crippen LogP contribution is 2.15. The molecule has 1 aliphatic heterocycles. The van der Waals surface area contributed by atoms with Crippen molar-refractivity contribution < 1.29 is 14.3 Å². The molecule has 0 spiro atoms. The van der Waals surface area contributed by atoms with E-state index in [0.29, 0.717) is 30.9 Å². The number of amides is 2. The summed E-state index contributed by atoms with van der Waals surface area (Å²) in [4.78, 5) is 31.5. The van der Waals surface area contributed by atoms with Gasteiger partial charge in [-0.25, -0.2) is 4.98 Å². The molecule has 4 rings (SSSR count). The van der Waals surface area contributed by atoms with Crippen molar-refractivity contribution in [3.63, 3.8) is 0 Å². The molecule has 1 saturated heterocycles. The van der Waals surface area contributed by atoms with Gasteiger partial charge in [0.25, 0.3) is 11.8 Å². The highest BCUT2D eigenvalue weighted by molar-refractivity contribution is 5.95. The van der Waals surface area contributed by atoms with Gasteiger partial charge in [-0.15, -0.1) is 0 Å². The largest absolute Gasteiger partial charge is 0.372 e. The first-order valence-corrected chi connectivity index (χ1v) is 10.2. The lowest BCUT2D eigenvalue weighted by Crippen LogP contribution is -2.48. The van der Waals surface area contributed by atoms with Gasteiger partial charge in [0, 0.05) is 30.6 Å². The van der Waals surface area contributed by atoms with Gasteiger partial charge >= 0.3 is 0 Å². The third-order valence-electron chi connectivity index (χ3n) is 5.19. The van der Waals surface area contributed by atoms with Crippen molar-refractivity contribution in [2.24, 2.45) is 0 Å². The molecule has 2 aromatic carbocycles. The predicted molar refractivity (Wildman–Crippen MR) is 115 cm³/mol. The monoisotopic (exact) mass is 403 g/mol. The lowest BCUT2D eigenvalue weighted by Gasteiger charge is -2.35. The predicted octanol–water partition coefficient (Wildman–Crippen LogP) is 3.41. The molecule has 0 saturated carbocycles. The van der Waals surface area contributed by atoms with Gasteiger partial charge in [0.2, 0.25) is 0 Å². The van der Waals surface area contributed by atoms with E-state index in [1.165, 1.54) is 0 Å². The van der Waals surface area contributed by atoms with Crippen LogP contribution in [0.3, 0.4) is 0 Å². The van der Waals surface area contributed by atoms with Gasteiger partial charge in [0.05, 0.1) is 17.7 Å². The number of carbonyl (C=O) groups excluding carboxylic acids is 2. The average molecular weight is 403 g/mol. The molecular formula is C24H25N3O3. The third kappa shape index (κ3) is 4.49. The maximum absolute atomic E-state index is 12.8. The minimum atomic E-state index is -0.225. The van der Waals surface area contributed by atoms with Crippen molar-refractivity contribution in [2.75, 3.05) is 13.1 Å². The molecule has 154 valence electrons. The van der Waals surface area contributed by atoms with Crippen molar-refractivity contribution in [1.82, 2.24) is 15.2 Å². The van der Waals surface area contributed by atoms with E-state index in [0.717, 1.165) is 16.5 Å². The fourth-order valence-corrected chi connectivity index (χ4v) is 3.76. The molecule has 1 fully saturated rings. The number of rotatable bonds is 4. The summed E-state index contributed by atoms with van der Waals surface area (Å²) in [6.45, 7) is 5.52. The van der Waals surface area contributed by atoms with Gasteiger partial charge < -0.3 is 15.0 Å². The number of hydrogen-bond donors (Lipinski definition) is 1. The number of morpholine rings is 1. The normalized spacial score (nSPS) is 18.9. The molecule has 6 nitrogen and oxygen atoms in total. The number of ether oxygens (including phenoxy) is 1. The van der Waals surface area contributed by atoms with Crippen molar-refractivity contribution >= 4 is 22.7 Å². The Bertz CT molecular complexity index is 1050. The van der Waals surface area contributed by atoms with Gasteiger partial charge in [0.15, 0.2) is 0 Å². The third-order valence-corrected chi connectivity index (χ3v) is 5.19. The fraction of sp³-hybridized carbons (Fsp3) is 0.292. The van der Waals surface area contributed by atoms with E-state index >= 15 is 0 Å². The van der Waals surface area contributed by atoms with Crippen molar-refractivity contribution in [1.29, 1.82) is 0 Å². The minimum Gasteiger partial charge on any atom is -0.372 e. The maximum Gasteiger partial charge on any atom is 0.270 e. The molecule has 1 N–H and O–H groups in total. The molecule has 2 heterocycles. The van der Waals surface area contributed by atoms with E-state index in [9.17, 15) is 9.59 Å². The zero-order valence-electron chi connectivity index (χ0n) is 17.2. The van der Waals surface area contributed by atoms with Crippen LogP contribution < -0.4 is 5.32 Å². The standard InChI is InChI=1S/C24H25N3O3/c1-16-14-27(15-17(2)30-16)24(29)20-9-7-18(8-10-20)13-25-23(28)22-12-11-19-5-3-4-6-21(19)26-22/h3-12,16-17H,13-15H2,1-2H3,(H,25,28)/t16-,17-/m0/s1. The number of hydrogen-bond acceptors (Lipinski definition) is 4. The van der Waals surface area contributed by atoms with Crippen LogP contribution in [-0.2, 0) is 11.3 Å². The molecule has 1 aliphatic rings. The zero-order valence-corrected chi connectivity index (χ0v) is 17.2. The van der Waals surface area contributed by atoms with Crippen LogP contribution in [0, 0.1) is 0 Å². The van der Waals surface area contributed by atoms with E-state index in [1.807, 2.05) is 73.3 Å². The van der Waals surface area contributed by atoms with E-state index in [-0.39, 0.29) is 24.0 Å². The van der Waals surface area contributed by atoms with Crippen LogP contribution in [0.25, 0.3) is 10.9 Å². The van der Waals surface area contributed by atoms with Crippen molar-refractivity contribution in [2.45, 2.75) is 32.6 Å². The summed E-state index contributed by atoms with van der Waals surface area (Å²) in [5.74, 6) is -0.217. The summed E-state index contributed by atoms with van der Waals surface area (Å²) in [5.41, 5.74) is 2.74. The molecule has 0 unspecified atom stereocenters. The number of para-hydroxylation sites is 1. The van der Waals surface area contributed by atoms with Gasteiger partial charge in [-0.05, 0) is 43.7 Å². The number of benzene rings is 2. The van der Waals surface area contributed by atoms with Crippen LogP contribution in [0.15, 0.2) is 60.7 Å². The molecule has 0 aliphatic carbocycles. The molecule has 2 atom stereocenters. The van der Waals surface area contributed by atoms with Gasteiger partial charge in [-0.3, -0.25) is 9.59 Å². The first kappa shape index (κ1) is 20.0. The number of aromatic nitrogens is 1. The SMILES string of the molecule is C[C@H]1CN(C(=O)c2ccc(CNC(=O)c3ccc4ccccc4n3)cc2)C[C@H](C)O1. The average Bonchev–Trinajstić information content (AvgIpc) is 2.76. The Morgan fingerprint density at radius 3 is 2.43 bits per heavy atom. The van der Waals surface area contributed by atoms with Crippen LogP contribution in [-0.4, -0.2) is 47.0 Å².